The molecule has 0 spiro atoms. The number of ether oxygens (including phenoxy) is 1. The van der Waals surface area contributed by atoms with E-state index in [-0.39, 0.29) is 17.6 Å². The van der Waals surface area contributed by atoms with Crippen LogP contribution in [-0.4, -0.2) is 21.1 Å². The third kappa shape index (κ3) is 2.74. The Morgan fingerprint density at radius 2 is 2.37 bits per heavy atom. The van der Waals surface area contributed by atoms with Crippen LogP contribution >= 0.6 is 11.6 Å². The second kappa shape index (κ2) is 5.53. The maximum atomic E-state index is 10.8. The lowest BCUT2D eigenvalue weighted by Crippen LogP contribution is -2.01. The van der Waals surface area contributed by atoms with Crippen molar-refractivity contribution in [3.8, 4) is 11.4 Å². The molecular formula is C12H10ClN3O3. The lowest BCUT2D eigenvalue weighted by molar-refractivity contribution is -0.384. The van der Waals surface area contributed by atoms with Crippen LogP contribution in [0.15, 0.2) is 43.2 Å². The summed E-state index contributed by atoms with van der Waals surface area (Å²) in [4.78, 5) is 14.2. The van der Waals surface area contributed by atoms with E-state index in [9.17, 15) is 10.1 Å². The van der Waals surface area contributed by atoms with E-state index in [0.29, 0.717) is 11.4 Å². The number of aromatic nitrogens is 2. The Hall–Kier alpha value is -2.34. The van der Waals surface area contributed by atoms with Gasteiger partial charge in [0.15, 0.2) is 5.75 Å². The van der Waals surface area contributed by atoms with Crippen molar-refractivity contribution in [1.82, 2.24) is 9.55 Å². The first-order valence-electron chi connectivity index (χ1n) is 5.35. The van der Waals surface area contributed by atoms with Crippen LogP contribution in [0.3, 0.4) is 0 Å². The van der Waals surface area contributed by atoms with Crippen LogP contribution in [0.1, 0.15) is 0 Å². The first-order valence-corrected chi connectivity index (χ1v) is 5.72. The highest BCUT2D eigenvalue weighted by Crippen LogP contribution is 2.29. The molecule has 0 unspecified atom stereocenters. The molecular weight excluding hydrogens is 270 g/mol. The number of non-ortho nitro benzene ring substituents is 1. The minimum atomic E-state index is -0.486. The van der Waals surface area contributed by atoms with Gasteiger partial charge in [-0.15, -0.1) is 0 Å². The summed E-state index contributed by atoms with van der Waals surface area (Å²) in [6.07, 6.45) is 4.73. The summed E-state index contributed by atoms with van der Waals surface area (Å²) < 4.78 is 7.00. The highest BCUT2D eigenvalue weighted by Gasteiger charge is 2.14. The third-order valence-electron chi connectivity index (χ3n) is 2.37. The van der Waals surface area contributed by atoms with Gasteiger partial charge >= 0.3 is 0 Å². The maximum Gasteiger partial charge on any atom is 0.273 e. The maximum absolute atomic E-state index is 10.8. The molecule has 1 aromatic heterocycles. The lowest BCUT2D eigenvalue weighted by atomic mass is 10.2. The van der Waals surface area contributed by atoms with E-state index in [1.807, 2.05) is 0 Å². The number of imidazole rings is 1. The predicted molar refractivity (Wildman–Crippen MR) is 70.9 cm³/mol. The minimum absolute atomic E-state index is 0.0564. The summed E-state index contributed by atoms with van der Waals surface area (Å²) in [5.41, 5.74) is 0.522. The van der Waals surface area contributed by atoms with Crippen molar-refractivity contribution in [3.05, 3.63) is 58.6 Å². The zero-order valence-electron chi connectivity index (χ0n) is 9.82. The number of benzene rings is 1. The molecule has 0 saturated carbocycles. The molecule has 0 aliphatic heterocycles. The van der Waals surface area contributed by atoms with Gasteiger partial charge < -0.3 is 4.74 Å². The number of nitrogens with zero attached hydrogens (tertiary/aromatic N) is 3. The molecule has 0 saturated heterocycles. The van der Waals surface area contributed by atoms with Gasteiger partial charge in [-0.3, -0.25) is 14.7 Å². The summed E-state index contributed by atoms with van der Waals surface area (Å²) in [6.45, 7) is 3.78. The van der Waals surface area contributed by atoms with Crippen LogP contribution in [0.4, 0.5) is 5.69 Å². The second-order valence-electron chi connectivity index (χ2n) is 3.58. The molecule has 0 bridgehead atoms. The molecule has 0 atom stereocenters. The predicted octanol–water partition coefficient (Wildman–Crippen LogP) is 3.00. The zero-order valence-corrected chi connectivity index (χ0v) is 10.6. The van der Waals surface area contributed by atoms with Gasteiger partial charge in [0.05, 0.1) is 16.7 Å². The monoisotopic (exact) mass is 279 g/mol. The molecule has 19 heavy (non-hydrogen) atoms. The van der Waals surface area contributed by atoms with Crippen LogP contribution in [0, 0.1) is 10.1 Å². The average Bonchev–Trinajstić information content (AvgIpc) is 2.82. The van der Waals surface area contributed by atoms with Crippen molar-refractivity contribution in [2.24, 2.45) is 0 Å². The molecule has 0 N–H and O–H groups in total. The fourth-order valence-corrected chi connectivity index (χ4v) is 1.75. The van der Waals surface area contributed by atoms with Gasteiger partial charge in [-0.25, -0.2) is 4.98 Å². The Morgan fingerprint density at radius 3 is 2.95 bits per heavy atom. The van der Waals surface area contributed by atoms with Crippen LogP contribution in [0.5, 0.6) is 5.75 Å². The normalized spacial score (nSPS) is 10.2. The quantitative estimate of drug-likeness (QED) is 0.479. The van der Waals surface area contributed by atoms with Crippen LogP contribution < -0.4 is 4.74 Å². The smallest absolute Gasteiger partial charge is 0.273 e. The van der Waals surface area contributed by atoms with Crippen molar-refractivity contribution >= 4 is 17.3 Å². The molecule has 0 amide bonds. The number of nitro benzene ring substituents is 1. The average molecular weight is 280 g/mol. The van der Waals surface area contributed by atoms with Gasteiger partial charge in [-0.1, -0.05) is 12.7 Å². The molecule has 2 rings (SSSR count). The van der Waals surface area contributed by atoms with E-state index in [4.69, 9.17) is 16.3 Å². The van der Waals surface area contributed by atoms with E-state index in [2.05, 4.69) is 11.6 Å². The summed E-state index contributed by atoms with van der Waals surface area (Å²) in [6, 6.07) is 4.28. The standard InChI is InChI=1S/C12H10ClN3O3/c1-2-7-19-11-8-9(16(17)18)3-4-10(11)15-6-5-14-12(15)13/h2-6,8H,1,7H2. The van der Waals surface area contributed by atoms with Crippen molar-refractivity contribution in [1.29, 1.82) is 0 Å². The Kier molecular flexibility index (Phi) is 3.82. The van der Waals surface area contributed by atoms with Crippen LogP contribution in [-0.2, 0) is 0 Å². The zero-order chi connectivity index (χ0) is 13.8. The van der Waals surface area contributed by atoms with Crippen molar-refractivity contribution in [2.75, 3.05) is 6.61 Å². The van der Waals surface area contributed by atoms with Gasteiger partial charge in [0.2, 0.25) is 5.28 Å². The minimum Gasteiger partial charge on any atom is -0.487 e. The highest BCUT2D eigenvalue weighted by atomic mass is 35.5. The van der Waals surface area contributed by atoms with Crippen LogP contribution in [0.2, 0.25) is 5.28 Å². The van der Waals surface area contributed by atoms with E-state index in [1.165, 1.54) is 18.3 Å². The van der Waals surface area contributed by atoms with E-state index >= 15 is 0 Å². The van der Waals surface area contributed by atoms with Gasteiger partial charge in [-0.05, 0) is 17.7 Å². The summed E-state index contributed by atoms with van der Waals surface area (Å²) in [5, 5.41) is 11.0. The lowest BCUT2D eigenvalue weighted by Gasteiger charge is -2.11. The molecule has 1 aromatic carbocycles. The Balaban J connectivity index is 2.50. The summed E-state index contributed by atoms with van der Waals surface area (Å²) in [5.74, 6) is 0.342. The number of rotatable bonds is 5. The molecule has 0 fully saturated rings. The van der Waals surface area contributed by atoms with Crippen molar-refractivity contribution in [2.45, 2.75) is 0 Å². The van der Waals surface area contributed by atoms with Crippen molar-refractivity contribution in [3.63, 3.8) is 0 Å². The van der Waals surface area contributed by atoms with Gasteiger partial charge in [0, 0.05) is 18.5 Å². The molecule has 7 heteroatoms. The van der Waals surface area contributed by atoms with E-state index in [1.54, 1.807) is 22.9 Å². The molecule has 98 valence electrons. The number of nitro groups is 1. The number of hydrogen-bond donors (Lipinski definition) is 0. The SMILES string of the molecule is C=CCOc1cc([N+](=O)[O-])ccc1-n1ccnc1Cl. The van der Waals surface area contributed by atoms with E-state index in [0.717, 1.165) is 0 Å². The second-order valence-corrected chi connectivity index (χ2v) is 3.91. The topological polar surface area (TPSA) is 70.2 Å². The fourth-order valence-electron chi connectivity index (χ4n) is 1.54. The number of hydrogen-bond acceptors (Lipinski definition) is 4. The van der Waals surface area contributed by atoms with Gasteiger partial charge in [-0.2, -0.15) is 0 Å². The third-order valence-corrected chi connectivity index (χ3v) is 2.65. The molecule has 6 nitrogen and oxygen atoms in total. The van der Waals surface area contributed by atoms with Crippen molar-refractivity contribution < 1.29 is 9.66 Å². The Labute approximate surface area is 114 Å². The van der Waals surface area contributed by atoms with E-state index < -0.39 is 4.92 Å². The largest absolute Gasteiger partial charge is 0.487 e. The Morgan fingerprint density at radius 1 is 1.58 bits per heavy atom. The Bertz CT molecular complexity index is 624. The fraction of sp³-hybridized carbons (Fsp3) is 0.0833. The molecule has 1 heterocycles. The summed E-state index contributed by atoms with van der Waals surface area (Å²) >= 11 is 5.92. The van der Waals surface area contributed by atoms with Gasteiger partial charge in [0.25, 0.3) is 5.69 Å². The summed E-state index contributed by atoms with van der Waals surface area (Å²) in [7, 11) is 0. The molecule has 2 aromatic rings. The van der Waals surface area contributed by atoms with Crippen LogP contribution in [0.25, 0.3) is 5.69 Å². The first-order chi connectivity index (χ1) is 9.13. The first kappa shape index (κ1) is 13.1. The molecule has 0 aliphatic rings. The van der Waals surface area contributed by atoms with Gasteiger partial charge in [0.1, 0.15) is 6.61 Å². The molecule has 0 aliphatic carbocycles. The molecule has 0 radical (unpaired) electrons. The number of halogens is 1. The highest BCUT2D eigenvalue weighted by molar-refractivity contribution is 6.28.